The molecule has 2 rings (SSSR count). The number of amides is 1. The smallest absolute Gasteiger partial charge is 0.416 e. The topological polar surface area (TPSA) is 38.3 Å². The number of rotatable bonds is 10. The van der Waals surface area contributed by atoms with Gasteiger partial charge in [-0.2, -0.15) is 13.2 Å². The van der Waals surface area contributed by atoms with Gasteiger partial charge in [-0.25, -0.2) is 0 Å². The van der Waals surface area contributed by atoms with Crippen molar-refractivity contribution in [3.8, 4) is 5.75 Å². The number of benzene rings is 2. The summed E-state index contributed by atoms with van der Waals surface area (Å²) in [6, 6.07) is 11.7. The lowest BCUT2D eigenvalue weighted by molar-refractivity contribution is -0.137. The maximum absolute atomic E-state index is 12.5. The Hall–Kier alpha value is -2.21. The fraction of sp³-hybridized carbons (Fsp3) is 0.381. The summed E-state index contributed by atoms with van der Waals surface area (Å²) in [5.41, 5.74) is -0.358. The Bertz CT molecular complexity index is 731. The Morgan fingerprint density at radius 3 is 2.14 bits per heavy atom. The quantitative estimate of drug-likeness (QED) is 0.439. The van der Waals surface area contributed by atoms with Gasteiger partial charge in [-0.15, -0.1) is 0 Å². The SMILES string of the molecule is O=C(CCCCCCCOc1ccc(Cl)cc1)Nc1ccc(C(F)(F)F)cc1. The van der Waals surface area contributed by atoms with Crippen LogP contribution in [0, 0.1) is 0 Å². The summed E-state index contributed by atoms with van der Waals surface area (Å²) in [5, 5.41) is 3.29. The standard InChI is InChI=1S/C21H23ClF3NO2/c22-17-9-13-19(14-10-17)28-15-5-3-1-2-4-6-20(27)26-18-11-7-16(8-12-18)21(23,24)25/h7-14H,1-6,15H2,(H,26,27). The van der Waals surface area contributed by atoms with Gasteiger partial charge in [0, 0.05) is 17.1 Å². The molecule has 1 N–H and O–H groups in total. The van der Waals surface area contributed by atoms with Crippen molar-refractivity contribution >= 4 is 23.2 Å². The average Bonchev–Trinajstić information content (AvgIpc) is 2.65. The van der Waals surface area contributed by atoms with Gasteiger partial charge in [0.1, 0.15) is 5.75 Å². The van der Waals surface area contributed by atoms with Crippen LogP contribution < -0.4 is 10.1 Å². The van der Waals surface area contributed by atoms with E-state index in [9.17, 15) is 18.0 Å². The molecule has 7 heteroatoms. The van der Waals surface area contributed by atoms with Gasteiger partial charge < -0.3 is 10.1 Å². The predicted octanol–water partition coefficient (Wildman–Crippen LogP) is 6.72. The van der Waals surface area contributed by atoms with Gasteiger partial charge in [0.2, 0.25) is 5.91 Å². The molecule has 0 saturated carbocycles. The van der Waals surface area contributed by atoms with Crippen LogP contribution in [0.25, 0.3) is 0 Å². The van der Waals surface area contributed by atoms with Crippen LogP contribution in [-0.4, -0.2) is 12.5 Å². The molecule has 28 heavy (non-hydrogen) atoms. The minimum Gasteiger partial charge on any atom is -0.494 e. The Morgan fingerprint density at radius 1 is 0.893 bits per heavy atom. The van der Waals surface area contributed by atoms with E-state index in [4.69, 9.17) is 16.3 Å². The third kappa shape index (κ3) is 8.21. The number of nitrogens with one attached hydrogen (secondary N) is 1. The number of carbonyl (C=O) groups excluding carboxylic acids is 1. The maximum Gasteiger partial charge on any atom is 0.416 e. The molecule has 0 atom stereocenters. The molecule has 0 aliphatic heterocycles. The highest BCUT2D eigenvalue weighted by atomic mass is 35.5. The number of alkyl halides is 3. The molecule has 2 aromatic rings. The molecular formula is C21H23ClF3NO2. The largest absolute Gasteiger partial charge is 0.494 e. The molecule has 152 valence electrons. The molecule has 0 aliphatic rings. The van der Waals surface area contributed by atoms with Crippen LogP contribution in [0.4, 0.5) is 18.9 Å². The summed E-state index contributed by atoms with van der Waals surface area (Å²) >= 11 is 5.81. The third-order valence-corrected chi connectivity index (χ3v) is 4.38. The van der Waals surface area contributed by atoms with Gasteiger partial charge in [-0.05, 0) is 61.4 Å². The van der Waals surface area contributed by atoms with Crippen LogP contribution in [-0.2, 0) is 11.0 Å². The molecule has 0 aliphatic carbocycles. The van der Waals surface area contributed by atoms with Crippen molar-refractivity contribution < 1.29 is 22.7 Å². The van der Waals surface area contributed by atoms with Crippen molar-refractivity contribution in [2.24, 2.45) is 0 Å². The molecular weight excluding hydrogens is 391 g/mol. The number of anilines is 1. The molecule has 0 bridgehead atoms. The average molecular weight is 414 g/mol. The van der Waals surface area contributed by atoms with Gasteiger partial charge >= 0.3 is 6.18 Å². The monoisotopic (exact) mass is 413 g/mol. The zero-order valence-electron chi connectivity index (χ0n) is 15.4. The first-order valence-electron chi connectivity index (χ1n) is 9.20. The second-order valence-electron chi connectivity index (χ2n) is 6.44. The van der Waals surface area contributed by atoms with E-state index in [1.165, 1.54) is 12.1 Å². The minimum atomic E-state index is -4.37. The molecule has 0 fully saturated rings. The summed E-state index contributed by atoms with van der Waals surface area (Å²) < 4.78 is 43.1. The highest BCUT2D eigenvalue weighted by molar-refractivity contribution is 6.30. The van der Waals surface area contributed by atoms with Gasteiger partial charge in [0.25, 0.3) is 0 Å². The fourth-order valence-corrected chi connectivity index (χ4v) is 2.73. The van der Waals surface area contributed by atoms with E-state index in [0.29, 0.717) is 23.7 Å². The summed E-state index contributed by atoms with van der Waals surface area (Å²) in [5.74, 6) is 0.607. The Kier molecular flexibility index (Phi) is 8.64. The van der Waals surface area contributed by atoms with E-state index in [1.807, 2.05) is 12.1 Å². The minimum absolute atomic E-state index is 0.189. The molecule has 0 unspecified atom stereocenters. The zero-order valence-corrected chi connectivity index (χ0v) is 16.2. The van der Waals surface area contributed by atoms with Gasteiger partial charge in [0.05, 0.1) is 12.2 Å². The highest BCUT2D eigenvalue weighted by Gasteiger charge is 2.29. The molecule has 0 saturated heterocycles. The second kappa shape index (κ2) is 11.0. The van der Waals surface area contributed by atoms with Crippen LogP contribution in [0.15, 0.2) is 48.5 Å². The second-order valence-corrected chi connectivity index (χ2v) is 6.88. The molecule has 0 aromatic heterocycles. The van der Waals surface area contributed by atoms with Gasteiger partial charge in [-0.1, -0.05) is 30.9 Å². The van der Waals surface area contributed by atoms with Crippen molar-refractivity contribution in [3.05, 3.63) is 59.1 Å². The fourth-order valence-electron chi connectivity index (χ4n) is 2.60. The lowest BCUT2D eigenvalue weighted by Gasteiger charge is -2.09. The van der Waals surface area contributed by atoms with Crippen molar-refractivity contribution in [1.82, 2.24) is 0 Å². The zero-order chi connectivity index (χ0) is 20.4. The number of hydrogen-bond donors (Lipinski definition) is 1. The van der Waals surface area contributed by atoms with Crippen molar-refractivity contribution in [2.75, 3.05) is 11.9 Å². The Labute approximate surface area is 167 Å². The summed E-state index contributed by atoms with van der Waals surface area (Å²) in [4.78, 5) is 11.8. The van der Waals surface area contributed by atoms with Crippen LogP contribution in [0.3, 0.4) is 0 Å². The van der Waals surface area contributed by atoms with Crippen molar-refractivity contribution in [1.29, 1.82) is 0 Å². The molecule has 3 nitrogen and oxygen atoms in total. The van der Waals surface area contributed by atoms with E-state index in [2.05, 4.69) is 5.32 Å². The first kappa shape index (κ1) is 22.1. The van der Waals surface area contributed by atoms with E-state index in [0.717, 1.165) is 50.0 Å². The maximum atomic E-state index is 12.5. The normalized spacial score (nSPS) is 11.3. The molecule has 1 amide bonds. The molecule has 0 radical (unpaired) electrons. The summed E-state index contributed by atoms with van der Waals surface area (Å²) in [6.45, 7) is 0.635. The number of ether oxygens (including phenoxy) is 1. The number of unbranched alkanes of at least 4 members (excludes halogenated alkanes) is 4. The van der Waals surface area contributed by atoms with E-state index in [-0.39, 0.29) is 5.91 Å². The van der Waals surface area contributed by atoms with Crippen molar-refractivity contribution in [3.63, 3.8) is 0 Å². The number of hydrogen-bond acceptors (Lipinski definition) is 2. The highest BCUT2D eigenvalue weighted by Crippen LogP contribution is 2.29. The lowest BCUT2D eigenvalue weighted by atomic mass is 10.1. The third-order valence-electron chi connectivity index (χ3n) is 4.13. The summed E-state index contributed by atoms with van der Waals surface area (Å²) in [7, 11) is 0. The van der Waals surface area contributed by atoms with Crippen LogP contribution in [0.5, 0.6) is 5.75 Å². The summed E-state index contributed by atoms with van der Waals surface area (Å²) in [6.07, 6.45) is 0.572. The Balaban J connectivity index is 1.52. The van der Waals surface area contributed by atoms with Crippen LogP contribution in [0.2, 0.25) is 5.02 Å². The lowest BCUT2D eigenvalue weighted by Crippen LogP contribution is -2.11. The number of halogens is 4. The van der Waals surface area contributed by atoms with E-state index >= 15 is 0 Å². The van der Waals surface area contributed by atoms with E-state index in [1.54, 1.807) is 12.1 Å². The van der Waals surface area contributed by atoms with Crippen LogP contribution in [0.1, 0.15) is 44.1 Å². The van der Waals surface area contributed by atoms with Gasteiger partial charge in [-0.3, -0.25) is 4.79 Å². The first-order valence-corrected chi connectivity index (χ1v) is 9.58. The Morgan fingerprint density at radius 2 is 1.50 bits per heavy atom. The predicted molar refractivity (Wildman–Crippen MR) is 105 cm³/mol. The number of carbonyl (C=O) groups is 1. The molecule has 2 aromatic carbocycles. The molecule has 0 spiro atoms. The van der Waals surface area contributed by atoms with Gasteiger partial charge in [0.15, 0.2) is 0 Å². The first-order chi connectivity index (χ1) is 13.3. The van der Waals surface area contributed by atoms with E-state index < -0.39 is 11.7 Å². The molecule has 0 heterocycles. The van der Waals surface area contributed by atoms with Crippen LogP contribution >= 0.6 is 11.6 Å². The van der Waals surface area contributed by atoms with Crippen molar-refractivity contribution in [2.45, 2.75) is 44.7 Å².